The van der Waals surface area contributed by atoms with Gasteiger partial charge in [0, 0.05) is 6.42 Å². The van der Waals surface area contributed by atoms with E-state index in [2.05, 4.69) is 5.32 Å². The molecule has 1 amide bonds. The molecule has 7 nitrogen and oxygen atoms in total. The number of hydrogen-bond acceptors (Lipinski definition) is 5. The Labute approximate surface area is 185 Å². The van der Waals surface area contributed by atoms with Gasteiger partial charge in [-0.1, -0.05) is 72.8 Å². The highest BCUT2D eigenvalue weighted by Gasteiger charge is 2.27. The molecule has 0 radical (unpaired) electrons. The van der Waals surface area contributed by atoms with Gasteiger partial charge in [0.05, 0.1) is 0 Å². The first-order valence-corrected chi connectivity index (χ1v) is 10.0. The monoisotopic (exact) mass is 433 g/mol. The fourth-order valence-electron chi connectivity index (χ4n) is 2.96. The van der Waals surface area contributed by atoms with Gasteiger partial charge >= 0.3 is 12.1 Å². The molecule has 0 aliphatic heterocycles. The van der Waals surface area contributed by atoms with Crippen molar-refractivity contribution in [1.29, 1.82) is 0 Å². The average molecular weight is 433 g/mol. The summed E-state index contributed by atoms with van der Waals surface area (Å²) in [6.07, 6.45) is -0.860. The lowest BCUT2D eigenvalue weighted by Crippen LogP contribution is -2.45. The van der Waals surface area contributed by atoms with E-state index >= 15 is 0 Å². The Morgan fingerprint density at radius 3 is 1.88 bits per heavy atom. The van der Waals surface area contributed by atoms with Gasteiger partial charge in [0.15, 0.2) is 0 Å². The molecule has 0 bridgehead atoms. The van der Waals surface area contributed by atoms with E-state index in [0.29, 0.717) is 17.9 Å². The molecule has 0 unspecified atom stereocenters. The van der Waals surface area contributed by atoms with E-state index in [4.69, 9.17) is 14.6 Å². The summed E-state index contributed by atoms with van der Waals surface area (Å²) in [6, 6.07) is 24.4. The molecule has 164 valence electrons. The van der Waals surface area contributed by atoms with Crippen molar-refractivity contribution >= 4 is 17.8 Å². The molecule has 1 atom stereocenters. The number of alkyl carbamates (subject to hydrolysis) is 1. The smallest absolute Gasteiger partial charge is 0.408 e. The van der Waals surface area contributed by atoms with Crippen LogP contribution in [-0.2, 0) is 34.0 Å². The maximum Gasteiger partial charge on any atom is 0.408 e. The molecule has 32 heavy (non-hydrogen) atoms. The van der Waals surface area contributed by atoms with Crippen molar-refractivity contribution < 1.29 is 29.0 Å². The van der Waals surface area contributed by atoms with E-state index in [0.717, 1.165) is 11.1 Å². The molecule has 0 aromatic heterocycles. The van der Waals surface area contributed by atoms with Gasteiger partial charge in [-0.05, 0) is 28.8 Å². The summed E-state index contributed by atoms with van der Waals surface area (Å²) in [5.74, 6) is -2.11. The first-order chi connectivity index (χ1) is 15.5. The van der Waals surface area contributed by atoms with Crippen molar-refractivity contribution in [3.8, 4) is 5.75 Å². The Kier molecular flexibility index (Phi) is 7.97. The number of carboxylic acids is 1. The second-order valence-electron chi connectivity index (χ2n) is 7.05. The Morgan fingerprint density at radius 2 is 1.31 bits per heavy atom. The van der Waals surface area contributed by atoms with Crippen LogP contribution in [0.2, 0.25) is 0 Å². The third-order valence-corrected chi connectivity index (χ3v) is 4.64. The van der Waals surface area contributed by atoms with Crippen LogP contribution in [0.4, 0.5) is 4.79 Å². The van der Waals surface area contributed by atoms with Crippen molar-refractivity contribution in [3.63, 3.8) is 0 Å². The van der Waals surface area contributed by atoms with Crippen LogP contribution in [0.5, 0.6) is 5.75 Å². The van der Waals surface area contributed by atoms with Crippen LogP contribution >= 0.6 is 0 Å². The molecule has 0 fully saturated rings. The van der Waals surface area contributed by atoms with Crippen molar-refractivity contribution in [2.24, 2.45) is 0 Å². The summed E-state index contributed by atoms with van der Waals surface area (Å²) >= 11 is 0. The van der Waals surface area contributed by atoms with Gasteiger partial charge < -0.3 is 19.9 Å². The summed E-state index contributed by atoms with van der Waals surface area (Å²) in [6.45, 7) is 0.420. The number of amides is 1. The van der Waals surface area contributed by atoms with Gasteiger partial charge in [0.1, 0.15) is 25.0 Å². The third-order valence-electron chi connectivity index (χ3n) is 4.64. The Balaban J connectivity index is 1.57. The van der Waals surface area contributed by atoms with E-state index in [9.17, 15) is 14.4 Å². The molecule has 0 heterocycles. The molecular formula is C25H23NO6. The lowest BCUT2D eigenvalue weighted by Gasteiger charge is -2.16. The number of ether oxygens (including phenoxy) is 2. The largest absolute Gasteiger partial charge is 0.489 e. The van der Waals surface area contributed by atoms with Crippen LogP contribution in [0.3, 0.4) is 0 Å². The fraction of sp³-hybridized carbons (Fsp3) is 0.160. The van der Waals surface area contributed by atoms with Gasteiger partial charge in [0.25, 0.3) is 5.78 Å². The summed E-state index contributed by atoms with van der Waals surface area (Å²) < 4.78 is 10.8. The highest BCUT2D eigenvalue weighted by Crippen LogP contribution is 2.16. The zero-order valence-electron chi connectivity index (χ0n) is 17.3. The lowest BCUT2D eigenvalue weighted by molar-refractivity contribution is -0.150. The summed E-state index contributed by atoms with van der Waals surface area (Å²) in [5.41, 5.74) is 2.47. The molecule has 0 saturated carbocycles. The minimum absolute atomic E-state index is 0.00450. The van der Waals surface area contributed by atoms with Gasteiger partial charge in [-0.25, -0.2) is 9.59 Å². The van der Waals surface area contributed by atoms with Gasteiger partial charge in [-0.3, -0.25) is 4.79 Å². The molecule has 2 N–H and O–H groups in total. The van der Waals surface area contributed by atoms with E-state index in [-0.39, 0.29) is 13.0 Å². The number of hydrogen-bond donors (Lipinski definition) is 2. The average Bonchev–Trinajstić information content (AvgIpc) is 2.82. The number of rotatable bonds is 10. The topological polar surface area (TPSA) is 102 Å². The number of aliphatic carboxylic acids is 1. The predicted molar refractivity (Wildman–Crippen MR) is 117 cm³/mol. The third kappa shape index (κ3) is 6.98. The first kappa shape index (κ1) is 22.6. The lowest BCUT2D eigenvalue weighted by atomic mass is 10.0. The summed E-state index contributed by atoms with van der Waals surface area (Å²) in [4.78, 5) is 35.4. The maximum atomic E-state index is 12.1. The van der Waals surface area contributed by atoms with Gasteiger partial charge in [-0.15, -0.1) is 0 Å². The highest BCUT2D eigenvalue weighted by atomic mass is 16.5. The number of Topliss-reactive ketones (excluding diaryl/α,β-unsaturated/α-hetero) is 1. The second-order valence-corrected chi connectivity index (χ2v) is 7.05. The van der Waals surface area contributed by atoms with Gasteiger partial charge in [0.2, 0.25) is 0 Å². The van der Waals surface area contributed by atoms with E-state index < -0.39 is 23.9 Å². The summed E-state index contributed by atoms with van der Waals surface area (Å²) in [7, 11) is 0. The Morgan fingerprint density at radius 1 is 0.750 bits per heavy atom. The quantitative estimate of drug-likeness (QED) is 0.472. The molecule has 7 heteroatoms. The van der Waals surface area contributed by atoms with Gasteiger partial charge in [-0.2, -0.15) is 0 Å². The molecule has 3 rings (SSSR count). The zero-order valence-corrected chi connectivity index (χ0v) is 17.3. The zero-order chi connectivity index (χ0) is 22.8. The van der Waals surface area contributed by atoms with Crippen LogP contribution in [0.25, 0.3) is 0 Å². The highest BCUT2D eigenvalue weighted by molar-refractivity contribution is 6.35. The van der Waals surface area contributed by atoms with E-state index in [1.807, 2.05) is 36.4 Å². The van der Waals surface area contributed by atoms with Crippen molar-refractivity contribution in [3.05, 3.63) is 102 Å². The summed E-state index contributed by atoms with van der Waals surface area (Å²) in [5, 5.41) is 11.5. The molecule has 0 aliphatic rings. The van der Waals surface area contributed by atoms with Crippen LogP contribution in [-0.4, -0.2) is 29.0 Å². The van der Waals surface area contributed by atoms with Crippen LogP contribution in [0, 0.1) is 0 Å². The van der Waals surface area contributed by atoms with Crippen molar-refractivity contribution in [2.45, 2.75) is 25.7 Å². The number of carboxylic acid groups (broad SMARTS) is 1. The molecule has 0 saturated heterocycles. The predicted octanol–water partition coefficient (Wildman–Crippen LogP) is 3.76. The minimum Gasteiger partial charge on any atom is -0.489 e. The van der Waals surface area contributed by atoms with E-state index in [1.54, 1.807) is 48.5 Å². The Bertz CT molecular complexity index is 1040. The number of benzene rings is 3. The molecule has 3 aromatic carbocycles. The van der Waals surface area contributed by atoms with Crippen molar-refractivity contribution in [1.82, 2.24) is 5.32 Å². The standard InChI is InChI=1S/C25H23NO6/c27-23(24(28)29)22(26-25(30)32-17-20-9-5-2-6-10-20)15-18-11-13-21(14-12-18)31-16-19-7-3-1-4-8-19/h1-14,22H,15-17H2,(H,26,30)(H,28,29)/t22-/m0/s1. The van der Waals surface area contributed by atoms with Crippen molar-refractivity contribution in [2.75, 3.05) is 0 Å². The number of ketones is 1. The SMILES string of the molecule is O=C(N[C@@H](Cc1ccc(OCc2ccccc2)cc1)C(=O)C(=O)O)OCc1ccccc1. The maximum absolute atomic E-state index is 12.1. The molecule has 0 aliphatic carbocycles. The molecule has 3 aromatic rings. The molecule has 0 spiro atoms. The molecular weight excluding hydrogens is 410 g/mol. The van der Waals surface area contributed by atoms with Crippen LogP contribution in [0.15, 0.2) is 84.9 Å². The fourth-order valence-corrected chi connectivity index (χ4v) is 2.96. The second kappa shape index (κ2) is 11.3. The Hall–Kier alpha value is -4.13. The van der Waals surface area contributed by atoms with Crippen LogP contribution in [0.1, 0.15) is 16.7 Å². The van der Waals surface area contributed by atoms with E-state index in [1.165, 1.54) is 0 Å². The number of carbonyl (C=O) groups excluding carboxylic acids is 2. The van der Waals surface area contributed by atoms with Crippen LogP contribution < -0.4 is 10.1 Å². The number of carbonyl (C=O) groups is 3. The minimum atomic E-state index is -1.62. The normalized spacial score (nSPS) is 11.2. The number of nitrogens with one attached hydrogen (secondary N) is 1. The first-order valence-electron chi connectivity index (χ1n) is 10.0.